The van der Waals surface area contributed by atoms with Crippen molar-refractivity contribution in [3.8, 4) is 33.4 Å². The zero-order chi connectivity index (χ0) is 36.3. The molecule has 0 aliphatic carbocycles. The Hall–Kier alpha value is -7.36. The van der Waals surface area contributed by atoms with E-state index in [4.69, 9.17) is 8.83 Å². The van der Waals surface area contributed by atoms with Crippen LogP contribution in [0.3, 0.4) is 0 Å². The van der Waals surface area contributed by atoms with E-state index in [0.29, 0.717) is 0 Å². The Kier molecular flexibility index (Phi) is 7.17. The fourth-order valence-electron chi connectivity index (χ4n) is 8.26. The number of rotatable bonds is 6. The van der Waals surface area contributed by atoms with Crippen LogP contribution in [-0.4, -0.2) is 0 Å². The van der Waals surface area contributed by atoms with Crippen LogP contribution in [0.25, 0.3) is 88.0 Å². The fourth-order valence-corrected chi connectivity index (χ4v) is 8.26. The van der Waals surface area contributed by atoms with Crippen LogP contribution in [0.1, 0.15) is 0 Å². The number of hydrogen-bond donors (Lipinski definition) is 0. The molecule has 9 aromatic carbocycles. The standard InChI is InChI=1S/C52H33NO2/c1-2-12-34(13-3-1)41-16-6-8-21-47(41)53(40-30-26-36(27-31-40)43-19-10-20-45-44-17-7-9-22-48(44)55-52(43)45)39-28-24-35(25-29-39)42-18-11-23-49-51(42)46-32-37-14-4-5-15-38(37)33-50(46)54-49/h1-33H. The molecule has 11 rings (SSSR count). The van der Waals surface area contributed by atoms with Gasteiger partial charge in [-0.3, -0.25) is 0 Å². The minimum Gasteiger partial charge on any atom is -0.456 e. The predicted molar refractivity (Wildman–Crippen MR) is 229 cm³/mol. The van der Waals surface area contributed by atoms with E-state index in [1.807, 2.05) is 12.1 Å². The minimum atomic E-state index is 0.892. The highest BCUT2D eigenvalue weighted by atomic mass is 16.3. The highest BCUT2D eigenvalue weighted by molar-refractivity contribution is 6.15. The molecule has 0 aliphatic heterocycles. The van der Waals surface area contributed by atoms with Gasteiger partial charge in [-0.05, 0) is 87.6 Å². The van der Waals surface area contributed by atoms with Gasteiger partial charge >= 0.3 is 0 Å². The molecule has 0 amide bonds. The van der Waals surface area contributed by atoms with Gasteiger partial charge in [0.15, 0.2) is 0 Å². The first-order valence-electron chi connectivity index (χ1n) is 18.7. The molecular weight excluding hydrogens is 671 g/mol. The summed E-state index contributed by atoms with van der Waals surface area (Å²) in [5, 5.41) is 6.91. The molecule has 0 fully saturated rings. The predicted octanol–water partition coefficient (Wildman–Crippen LogP) is 15.1. The van der Waals surface area contributed by atoms with Crippen LogP contribution in [-0.2, 0) is 0 Å². The van der Waals surface area contributed by atoms with E-state index < -0.39 is 0 Å². The molecule has 258 valence electrons. The van der Waals surface area contributed by atoms with E-state index in [2.05, 4.69) is 193 Å². The zero-order valence-corrected chi connectivity index (χ0v) is 29.8. The third kappa shape index (κ3) is 5.20. The van der Waals surface area contributed by atoms with Gasteiger partial charge in [-0.2, -0.15) is 0 Å². The second-order valence-corrected chi connectivity index (χ2v) is 14.1. The molecule has 0 N–H and O–H groups in total. The minimum absolute atomic E-state index is 0.892. The quantitative estimate of drug-likeness (QED) is 0.173. The summed E-state index contributed by atoms with van der Waals surface area (Å²) in [6.45, 7) is 0. The molecule has 3 nitrogen and oxygen atoms in total. The number of para-hydroxylation sites is 3. The third-order valence-electron chi connectivity index (χ3n) is 10.9. The highest BCUT2D eigenvalue weighted by Gasteiger charge is 2.19. The average Bonchev–Trinajstić information content (AvgIpc) is 3.82. The van der Waals surface area contributed by atoms with Crippen molar-refractivity contribution in [2.45, 2.75) is 0 Å². The summed E-state index contributed by atoms with van der Waals surface area (Å²) in [5.41, 5.74) is 13.6. The van der Waals surface area contributed by atoms with Crippen molar-refractivity contribution in [2.24, 2.45) is 0 Å². The lowest BCUT2D eigenvalue weighted by atomic mass is 9.97. The van der Waals surface area contributed by atoms with Gasteiger partial charge < -0.3 is 13.7 Å². The van der Waals surface area contributed by atoms with E-state index in [-0.39, 0.29) is 0 Å². The van der Waals surface area contributed by atoms with E-state index >= 15 is 0 Å². The first-order valence-corrected chi connectivity index (χ1v) is 18.7. The summed E-state index contributed by atoms with van der Waals surface area (Å²) in [6.07, 6.45) is 0. The molecule has 0 spiro atoms. The van der Waals surface area contributed by atoms with Crippen LogP contribution in [0.2, 0.25) is 0 Å². The normalized spacial score (nSPS) is 11.6. The Morgan fingerprint density at radius 3 is 1.69 bits per heavy atom. The van der Waals surface area contributed by atoms with Crippen molar-refractivity contribution < 1.29 is 8.83 Å². The largest absolute Gasteiger partial charge is 0.456 e. The Morgan fingerprint density at radius 2 is 0.891 bits per heavy atom. The molecule has 2 aromatic heterocycles. The van der Waals surface area contributed by atoms with Gasteiger partial charge in [-0.15, -0.1) is 0 Å². The van der Waals surface area contributed by atoms with E-state index in [1.54, 1.807) is 0 Å². The second kappa shape index (κ2) is 12.6. The van der Waals surface area contributed by atoms with Crippen LogP contribution in [0.15, 0.2) is 209 Å². The summed E-state index contributed by atoms with van der Waals surface area (Å²) in [6, 6.07) is 70.9. The third-order valence-corrected chi connectivity index (χ3v) is 10.9. The molecule has 11 aromatic rings. The van der Waals surface area contributed by atoms with Gasteiger partial charge in [-0.25, -0.2) is 0 Å². The van der Waals surface area contributed by atoms with E-state index in [9.17, 15) is 0 Å². The first kappa shape index (κ1) is 31.2. The monoisotopic (exact) mass is 703 g/mol. The molecule has 0 saturated carbocycles. The number of fused-ring (bicyclic) bond motifs is 7. The Bertz CT molecular complexity index is 3190. The fraction of sp³-hybridized carbons (Fsp3) is 0. The maximum Gasteiger partial charge on any atom is 0.143 e. The van der Waals surface area contributed by atoms with Crippen molar-refractivity contribution in [1.82, 2.24) is 0 Å². The lowest BCUT2D eigenvalue weighted by Gasteiger charge is -2.28. The summed E-state index contributed by atoms with van der Waals surface area (Å²) in [7, 11) is 0. The Labute approximate surface area is 317 Å². The van der Waals surface area contributed by atoms with Crippen LogP contribution < -0.4 is 4.90 Å². The molecule has 55 heavy (non-hydrogen) atoms. The summed E-state index contributed by atoms with van der Waals surface area (Å²) < 4.78 is 12.8. The summed E-state index contributed by atoms with van der Waals surface area (Å²) in [5.74, 6) is 0. The number of benzene rings is 9. The maximum atomic E-state index is 6.42. The van der Waals surface area contributed by atoms with Crippen LogP contribution in [0.4, 0.5) is 17.1 Å². The van der Waals surface area contributed by atoms with Gasteiger partial charge in [0.05, 0.1) is 5.69 Å². The van der Waals surface area contributed by atoms with E-state index in [1.165, 1.54) is 16.3 Å². The molecule has 0 aliphatic rings. The molecule has 0 radical (unpaired) electrons. The molecule has 0 bridgehead atoms. The number of hydrogen-bond acceptors (Lipinski definition) is 3. The van der Waals surface area contributed by atoms with Gasteiger partial charge in [0.1, 0.15) is 22.3 Å². The van der Waals surface area contributed by atoms with Gasteiger partial charge in [-0.1, -0.05) is 146 Å². The van der Waals surface area contributed by atoms with Crippen LogP contribution in [0, 0.1) is 0 Å². The Morgan fingerprint density at radius 1 is 0.327 bits per heavy atom. The topological polar surface area (TPSA) is 29.5 Å². The first-order chi connectivity index (χ1) is 27.3. The smallest absolute Gasteiger partial charge is 0.143 e. The zero-order valence-electron chi connectivity index (χ0n) is 29.8. The second-order valence-electron chi connectivity index (χ2n) is 14.1. The number of anilines is 3. The van der Waals surface area contributed by atoms with Gasteiger partial charge in [0.25, 0.3) is 0 Å². The van der Waals surface area contributed by atoms with Crippen molar-refractivity contribution in [1.29, 1.82) is 0 Å². The molecule has 0 atom stereocenters. The van der Waals surface area contributed by atoms with Gasteiger partial charge in [0, 0.05) is 44.0 Å². The SMILES string of the molecule is c1ccc(-c2ccccc2N(c2ccc(-c3cccc4c3oc3ccccc34)cc2)c2ccc(-c3cccc4oc5cc6ccccc6cc5c34)cc2)cc1. The average molecular weight is 704 g/mol. The molecular formula is C52H33NO2. The molecule has 2 heterocycles. The molecule has 3 heteroatoms. The van der Waals surface area contributed by atoms with Crippen molar-refractivity contribution in [2.75, 3.05) is 4.90 Å². The lowest BCUT2D eigenvalue weighted by Crippen LogP contribution is -2.11. The van der Waals surface area contributed by atoms with Gasteiger partial charge in [0.2, 0.25) is 0 Å². The van der Waals surface area contributed by atoms with Crippen LogP contribution in [0.5, 0.6) is 0 Å². The summed E-state index contributed by atoms with van der Waals surface area (Å²) in [4.78, 5) is 2.36. The van der Waals surface area contributed by atoms with E-state index in [0.717, 1.165) is 88.8 Å². The molecule has 0 unspecified atom stereocenters. The van der Waals surface area contributed by atoms with Crippen molar-refractivity contribution >= 4 is 71.7 Å². The van der Waals surface area contributed by atoms with Crippen LogP contribution >= 0.6 is 0 Å². The summed E-state index contributed by atoms with van der Waals surface area (Å²) >= 11 is 0. The lowest BCUT2D eigenvalue weighted by molar-refractivity contribution is 0.669. The molecule has 0 saturated heterocycles. The van der Waals surface area contributed by atoms with Crippen molar-refractivity contribution in [3.63, 3.8) is 0 Å². The number of nitrogens with zero attached hydrogens (tertiary/aromatic N) is 1. The Balaban J connectivity index is 1.04. The maximum absolute atomic E-state index is 6.42. The highest BCUT2D eigenvalue weighted by Crippen LogP contribution is 2.44. The van der Waals surface area contributed by atoms with Crippen molar-refractivity contribution in [3.05, 3.63) is 200 Å². The number of furan rings is 2.